The van der Waals surface area contributed by atoms with Gasteiger partial charge in [0.15, 0.2) is 5.65 Å². The predicted octanol–water partition coefficient (Wildman–Crippen LogP) is -0.0299. The number of rotatable bonds is 7. The van der Waals surface area contributed by atoms with E-state index in [-0.39, 0.29) is 19.0 Å². The largest absolute Gasteiger partial charge is 0.353 e. The number of hydrogen-bond acceptors (Lipinski definition) is 6. The van der Waals surface area contributed by atoms with Gasteiger partial charge in [0, 0.05) is 45.5 Å². The van der Waals surface area contributed by atoms with Crippen LogP contribution in [0, 0.1) is 0 Å². The summed E-state index contributed by atoms with van der Waals surface area (Å²) in [4.78, 5) is 47.3. The molecule has 9 nitrogen and oxygen atoms in total. The van der Waals surface area contributed by atoms with Crippen LogP contribution in [0.1, 0.15) is 5.56 Å². The van der Waals surface area contributed by atoms with Crippen molar-refractivity contribution in [3.8, 4) is 0 Å². The summed E-state index contributed by atoms with van der Waals surface area (Å²) >= 11 is 0. The minimum Gasteiger partial charge on any atom is -0.353 e. The quantitative estimate of drug-likeness (QED) is 0.523. The van der Waals surface area contributed by atoms with Gasteiger partial charge in [-0.3, -0.25) is 28.4 Å². The molecule has 3 aromatic rings. The molecule has 1 saturated heterocycles. The van der Waals surface area contributed by atoms with E-state index < -0.39 is 11.1 Å². The summed E-state index contributed by atoms with van der Waals surface area (Å²) in [6.45, 7) is 5.26. The molecule has 9 heteroatoms. The molecule has 0 unspecified atom stereocenters. The Morgan fingerprint density at radius 1 is 0.969 bits per heavy atom. The van der Waals surface area contributed by atoms with Gasteiger partial charge in [0.2, 0.25) is 5.91 Å². The number of benzene rings is 1. The van der Waals surface area contributed by atoms with Crippen LogP contribution in [-0.4, -0.2) is 76.1 Å². The SMILES string of the molecule is CN1CCN(CCNC(=O)Cn2c(=O)c(=O)n(Cc3ccccc3)c3ncccc32)CC1. The monoisotopic (exact) mass is 436 g/mol. The number of amides is 1. The van der Waals surface area contributed by atoms with Crippen molar-refractivity contribution in [2.45, 2.75) is 13.1 Å². The summed E-state index contributed by atoms with van der Waals surface area (Å²) < 4.78 is 2.59. The second kappa shape index (κ2) is 9.88. The molecule has 0 aliphatic carbocycles. The van der Waals surface area contributed by atoms with Crippen molar-refractivity contribution in [3.63, 3.8) is 0 Å². The number of nitrogens with one attached hydrogen (secondary N) is 1. The highest BCUT2D eigenvalue weighted by atomic mass is 16.2. The van der Waals surface area contributed by atoms with E-state index >= 15 is 0 Å². The number of piperazine rings is 1. The third-order valence-corrected chi connectivity index (χ3v) is 5.82. The number of carbonyl (C=O) groups is 1. The van der Waals surface area contributed by atoms with Crippen molar-refractivity contribution < 1.29 is 4.79 Å². The molecule has 0 radical (unpaired) electrons. The average molecular weight is 437 g/mol. The van der Waals surface area contributed by atoms with Gasteiger partial charge in [-0.25, -0.2) is 4.98 Å². The van der Waals surface area contributed by atoms with Gasteiger partial charge in [0.1, 0.15) is 6.54 Å². The van der Waals surface area contributed by atoms with Crippen LogP contribution in [0.5, 0.6) is 0 Å². The van der Waals surface area contributed by atoms with Gasteiger partial charge in [0.05, 0.1) is 12.1 Å². The molecule has 0 atom stereocenters. The molecule has 4 rings (SSSR count). The highest BCUT2D eigenvalue weighted by Gasteiger charge is 2.17. The van der Waals surface area contributed by atoms with Crippen LogP contribution in [0.4, 0.5) is 0 Å². The van der Waals surface area contributed by atoms with Crippen molar-refractivity contribution in [1.29, 1.82) is 0 Å². The first-order valence-corrected chi connectivity index (χ1v) is 10.8. The Morgan fingerprint density at radius 3 is 2.44 bits per heavy atom. The van der Waals surface area contributed by atoms with E-state index in [9.17, 15) is 14.4 Å². The predicted molar refractivity (Wildman–Crippen MR) is 123 cm³/mol. The molecule has 3 heterocycles. The molecule has 1 amide bonds. The van der Waals surface area contributed by atoms with Gasteiger partial charge in [-0.2, -0.15) is 0 Å². The van der Waals surface area contributed by atoms with Crippen LogP contribution < -0.4 is 16.4 Å². The van der Waals surface area contributed by atoms with Crippen LogP contribution in [0.25, 0.3) is 11.2 Å². The Morgan fingerprint density at radius 2 is 1.69 bits per heavy atom. The molecule has 1 aliphatic heterocycles. The molecule has 1 fully saturated rings. The second-order valence-corrected chi connectivity index (χ2v) is 8.11. The topological polar surface area (TPSA) is 92.5 Å². The smallest absolute Gasteiger partial charge is 0.318 e. The normalized spacial score (nSPS) is 15.2. The van der Waals surface area contributed by atoms with E-state index in [4.69, 9.17) is 0 Å². The molecule has 0 saturated carbocycles. The molecule has 32 heavy (non-hydrogen) atoms. The van der Waals surface area contributed by atoms with E-state index in [1.165, 1.54) is 9.13 Å². The Balaban J connectivity index is 1.51. The summed E-state index contributed by atoms with van der Waals surface area (Å²) in [6, 6.07) is 12.8. The zero-order chi connectivity index (χ0) is 22.5. The number of nitrogens with zero attached hydrogens (tertiary/aromatic N) is 5. The molecule has 0 spiro atoms. The number of pyridine rings is 1. The first kappa shape index (κ1) is 21.9. The molecule has 0 bridgehead atoms. The Hall–Kier alpha value is -3.30. The molecule has 2 aromatic heterocycles. The van der Waals surface area contributed by atoms with Crippen LogP contribution >= 0.6 is 0 Å². The van der Waals surface area contributed by atoms with Crippen LogP contribution in [0.2, 0.25) is 0 Å². The Labute approximate surface area is 185 Å². The highest BCUT2D eigenvalue weighted by Crippen LogP contribution is 2.10. The molecule has 168 valence electrons. The maximum absolute atomic E-state index is 12.9. The summed E-state index contributed by atoms with van der Waals surface area (Å²) in [7, 11) is 2.10. The van der Waals surface area contributed by atoms with Gasteiger partial charge in [0.25, 0.3) is 0 Å². The van der Waals surface area contributed by atoms with E-state index in [0.717, 1.165) is 38.3 Å². The van der Waals surface area contributed by atoms with Crippen molar-refractivity contribution in [2.75, 3.05) is 46.3 Å². The number of likely N-dealkylation sites (N-methyl/N-ethyl adjacent to an activating group) is 1. The lowest BCUT2D eigenvalue weighted by Gasteiger charge is -2.32. The van der Waals surface area contributed by atoms with Crippen molar-refractivity contribution in [1.82, 2.24) is 29.2 Å². The van der Waals surface area contributed by atoms with Crippen molar-refractivity contribution >= 4 is 17.1 Å². The van der Waals surface area contributed by atoms with Crippen molar-refractivity contribution in [2.24, 2.45) is 0 Å². The standard InChI is InChI=1S/C23H28N6O3/c1-26-12-14-27(15-13-26)11-10-24-20(30)17-28-19-8-5-9-25-21(19)29(23(32)22(28)31)16-18-6-3-2-4-7-18/h2-9H,10-17H2,1H3,(H,24,30). The summed E-state index contributed by atoms with van der Waals surface area (Å²) in [5.41, 5.74) is 0.315. The lowest BCUT2D eigenvalue weighted by molar-refractivity contribution is -0.121. The number of hydrogen-bond donors (Lipinski definition) is 1. The molecule has 1 N–H and O–H groups in total. The number of fused-ring (bicyclic) bond motifs is 1. The molecular formula is C23H28N6O3. The Bertz CT molecular complexity index is 1200. The van der Waals surface area contributed by atoms with Crippen LogP contribution in [-0.2, 0) is 17.9 Å². The van der Waals surface area contributed by atoms with Gasteiger partial charge < -0.3 is 10.2 Å². The lowest BCUT2D eigenvalue weighted by atomic mass is 10.2. The number of aromatic nitrogens is 3. The van der Waals surface area contributed by atoms with Crippen LogP contribution in [0.3, 0.4) is 0 Å². The van der Waals surface area contributed by atoms with E-state index in [1.807, 2.05) is 30.3 Å². The van der Waals surface area contributed by atoms with Gasteiger partial charge in [-0.15, -0.1) is 0 Å². The fourth-order valence-electron chi connectivity index (χ4n) is 3.94. The first-order chi connectivity index (χ1) is 15.5. The molecule has 1 aromatic carbocycles. The first-order valence-electron chi connectivity index (χ1n) is 10.8. The fraction of sp³-hybridized carbons (Fsp3) is 0.391. The van der Waals surface area contributed by atoms with Gasteiger partial charge in [-0.1, -0.05) is 30.3 Å². The Kier molecular flexibility index (Phi) is 6.77. The maximum Gasteiger partial charge on any atom is 0.318 e. The lowest BCUT2D eigenvalue weighted by Crippen LogP contribution is -2.47. The van der Waals surface area contributed by atoms with Crippen molar-refractivity contribution in [3.05, 3.63) is 74.9 Å². The summed E-state index contributed by atoms with van der Waals surface area (Å²) in [5.74, 6) is -0.299. The summed E-state index contributed by atoms with van der Waals surface area (Å²) in [6.07, 6.45) is 1.58. The van der Waals surface area contributed by atoms with E-state index in [2.05, 4.69) is 27.1 Å². The minimum absolute atomic E-state index is 0.217. The third-order valence-electron chi connectivity index (χ3n) is 5.82. The average Bonchev–Trinajstić information content (AvgIpc) is 2.81. The van der Waals surface area contributed by atoms with Gasteiger partial charge in [-0.05, 0) is 24.7 Å². The zero-order valence-corrected chi connectivity index (χ0v) is 18.2. The minimum atomic E-state index is -0.726. The van der Waals surface area contributed by atoms with Gasteiger partial charge >= 0.3 is 11.1 Å². The fourth-order valence-corrected chi connectivity index (χ4v) is 3.94. The molecular weight excluding hydrogens is 408 g/mol. The molecule has 1 aliphatic rings. The van der Waals surface area contributed by atoms with E-state index in [1.54, 1.807) is 18.3 Å². The highest BCUT2D eigenvalue weighted by molar-refractivity contribution is 5.78. The third kappa shape index (κ3) is 4.95. The summed E-state index contributed by atoms with van der Waals surface area (Å²) in [5, 5.41) is 2.87. The van der Waals surface area contributed by atoms with Crippen LogP contribution in [0.15, 0.2) is 58.3 Å². The number of carbonyl (C=O) groups excluding carboxylic acids is 1. The zero-order valence-electron chi connectivity index (χ0n) is 18.2. The maximum atomic E-state index is 12.9. The van der Waals surface area contributed by atoms with E-state index in [0.29, 0.717) is 17.7 Å². The second-order valence-electron chi connectivity index (χ2n) is 8.11.